The number of pyridine rings is 2. The molecular weight excluding hydrogens is 242 g/mol. The number of rotatable bonds is 3. The first-order valence-electron chi connectivity index (χ1n) is 5.95. The lowest BCUT2D eigenvalue weighted by Gasteiger charge is -2.01. The van der Waals surface area contributed by atoms with Crippen LogP contribution in [0.15, 0.2) is 47.5 Å². The lowest BCUT2D eigenvalue weighted by molar-refractivity contribution is 0.657. The topological polar surface area (TPSA) is 64.2 Å². The van der Waals surface area contributed by atoms with Crippen LogP contribution < -0.4 is 11.0 Å². The summed E-state index contributed by atoms with van der Waals surface area (Å²) in [4.78, 5) is 16.3. The molecule has 0 aliphatic carbocycles. The van der Waals surface area contributed by atoms with E-state index in [2.05, 4.69) is 15.4 Å². The Morgan fingerprint density at radius 2 is 2.16 bits per heavy atom. The van der Waals surface area contributed by atoms with Crippen molar-refractivity contribution in [3.05, 3.63) is 58.8 Å². The van der Waals surface area contributed by atoms with E-state index in [1.165, 1.54) is 9.08 Å². The van der Waals surface area contributed by atoms with E-state index in [1.807, 2.05) is 31.3 Å². The Balaban J connectivity index is 1.96. The van der Waals surface area contributed by atoms with E-state index in [1.54, 1.807) is 18.5 Å². The summed E-state index contributed by atoms with van der Waals surface area (Å²) in [6.45, 7) is 0.414. The van der Waals surface area contributed by atoms with Gasteiger partial charge in [-0.15, -0.1) is 5.10 Å². The zero-order valence-electron chi connectivity index (χ0n) is 10.4. The summed E-state index contributed by atoms with van der Waals surface area (Å²) in [5.74, 6) is 0.797. The number of nitrogens with one attached hydrogen (secondary N) is 1. The summed E-state index contributed by atoms with van der Waals surface area (Å²) in [5, 5.41) is 7.23. The van der Waals surface area contributed by atoms with E-state index in [9.17, 15) is 4.79 Å². The maximum absolute atomic E-state index is 12.1. The fourth-order valence-corrected chi connectivity index (χ4v) is 1.91. The Morgan fingerprint density at radius 3 is 2.84 bits per heavy atom. The minimum atomic E-state index is -0.145. The van der Waals surface area contributed by atoms with Crippen molar-refractivity contribution >= 4 is 11.5 Å². The standard InChI is InChI=1S/C13H13N5O/c1-14-11-6-5-10(8-15-11)9-18-13(19)17-7-3-2-4-12(17)16-18/h2-8H,9H2,1H3,(H,14,15). The van der Waals surface area contributed by atoms with Crippen molar-refractivity contribution in [1.82, 2.24) is 19.2 Å². The first kappa shape index (κ1) is 11.5. The first-order chi connectivity index (χ1) is 9.28. The van der Waals surface area contributed by atoms with Gasteiger partial charge in [0.1, 0.15) is 5.82 Å². The molecule has 0 aromatic carbocycles. The fourth-order valence-electron chi connectivity index (χ4n) is 1.91. The second kappa shape index (κ2) is 4.56. The molecule has 0 aliphatic rings. The Bertz CT molecular complexity index is 757. The van der Waals surface area contributed by atoms with Crippen molar-refractivity contribution in [3.63, 3.8) is 0 Å². The normalized spacial score (nSPS) is 10.8. The Hall–Kier alpha value is -2.63. The third kappa shape index (κ3) is 2.08. The summed E-state index contributed by atoms with van der Waals surface area (Å²) >= 11 is 0. The highest BCUT2D eigenvalue weighted by atomic mass is 16.2. The van der Waals surface area contributed by atoms with E-state index in [0.29, 0.717) is 12.2 Å². The van der Waals surface area contributed by atoms with Gasteiger partial charge in [0.05, 0.1) is 6.54 Å². The summed E-state index contributed by atoms with van der Waals surface area (Å²) in [6, 6.07) is 9.27. The highest BCUT2D eigenvalue weighted by Gasteiger charge is 2.06. The number of nitrogens with zero attached hydrogens (tertiary/aromatic N) is 4. The van der Waals surface area contributed by atoms with E-state index in [4.69, 9.17) is 0 Å². The number of fused-ring (bicyclic) bond motifs is 1. The van der Waals surface area contributed by atoms with Crippen molar-refractivity contribution in [3.8, 4) is 0 Å². The average Bonchev–Trinajstić information content (AvgIpc) is 2.77. The van der Waals surface area contributed by atoms with Crippen molar-refractivity contribution in [2.75, 3.05) is 12.4 Å². The van der Waals surface area contributed by atoms with Gasteiger partial charge >= 0.3 is 5.69 Å². The first-order valence-corrected chi connectivity index (χ1v) is 5.95. The van der Waals surface area contributed by atoms with Gasteiger partial charge in [-0.1, -0.05) is 12.1 Å². The van der Waals surface area contributed by atoms with Crippen LogP contribution in [0.5, 0.6) is 0 Å². The molecule has 0 fully saturated rings. The van der Waals surface area contributed by atoms with Gasteiger partial charge in [-0.2, -0.15) is 0 Å². The maximum atomic E-state index is 12.1. The van der Waals surface area contributed by atoms with Crippen molar-refractivity contribution in [1.29, 1.82) is 0 Å². The molecule has 6 heteroatoms. The van der Waals surface area contributed by atoms with Crippen LogP contribution in [0.4, 0.5) is 5.82 Å². The van der Waals surface area contributed by atoms with Crippen LogP contribution in [0, 0.1) is 0 Å². The largest absolute Gasteiger partial charge is 0.373 e. The third-order valence-corrected chi connectivity index (χ3v) is 2.90. The van der Waals surface area contributed by atoms with Crippen LogP contribution in [0.3, 0.4) is 0 Å². The van der Waals surface area contributed by atoms with Gasteiger partial charge in [0.15, 0.2) is 5.65 Å². The fraction of sp³-hybridized carbons (Fsp3) is 0.154. The van der Waals surface area contributed by atoms with E-state index < -0.39 is 0 Å². The molecule has 0 radical (unpaired) electrons. The van der Waals surface area contributed by atoms with Gasteiger partial charge in [0.2, 0.25) is 0 Å². The molecule has 19 heavy (non-hydrogen) atoms. The number of hydrogen-bond acceptors (Lipinski definition) is 4. The van der Waals surface area contributed by atoms with Crippen LogP contribution in [0.2, 0.25) is 0 Å². The molecule has 0 saturated carbocycles. The van der Waals surface area contributed by atoms with Crippen molar-refractivity contribution in [2.45, 2.75) is 6.54 Å². The quantitative estimate of drug-likeness (QED) is 0.757. The molecule has 0 aliphatic heterocycles. The van der Waals surface area contributed by atoms with Gasteiger partial charge < -0.3 is 5.32 Å². The molecule has 3 aromatic rings. The molecule has 3 rings (SSSR count). The minimum Gasteiger partial charge on any atom is -0.373 e. The highest BCUT2D eigenvalue weighted by molar-refractivity contribution is 5.36. The van der Waals surface area contributed by atoms with Gasteiger partial charge in [0.25, 0.3) is 0 Å². The molecule has 1 N–H and O–H groups in total. The zero-order valence-corrected chi connectivity index (χ0v) is 10.4. The van der Waals surface area contributed by atoms with Gasteiger partial charge in [-0.05, 0) is 23.8 Å². The van der Waals surface area contributed by atoms with Crippen LogP contribution >= 0.6 is 0 Å². The molecule has 0 unspecified atom stereocenters. The predicted octanol–water partition coefficient (Wildman–Crippen LogP) is 0.981. The SMILES string of the molecule is CNc1ccc(Cn2nc3ccccn3c2=O)cn1. The molecule has 3 aromatic heterocycles. The Kier molecular flexibility index (Phi) is 2.75. The monoisotopic (exact) mass is 255 g/mol. The summed E-state index contributed by atoms with van der Waals surface area (Å²) < 4.78 is 2.96. The van der Waals surface area contributed by atoms with E-state index in [0.717, 1.165) is 11.4 Å². The minimum absolute atomic E-state index is 0.145. The van der Waals surface area contributed by atoms with Crippen molar-refractivity contribution < 1.29 is 0 Å². The lowest BCUT2D eigenvalue weighted by atomic mass is 10.3. The summed E-state index contributed by atoms with van der Waals surface area (Å²) in [7, 11) is 1.81. The van der Waals surface area contributed by atoms with Crippen molar-refractivity contribution in [2.24, 2.45) is 0 Å². The lowest BCUT2D eigenvalue weighted by Crippen LogP contribution is -2.21. The molecule has 6 nitrogen and oxygen atoms in total. The molecule has 0 saturated heterocycles. The number of aromatic nitrogens is 4. The van der Waals surface area contributed by atoms with Crippen LogP contribution in [-0.4, -0.2) is 26.2 Å². The van der Waals surface area contributed by atoms with Crippen LogP contribution in [0.1, 0.15) is 5.56 Å². The molecule has 96 valence electrons. The van der Waals surface area contributed by atoms with Crippen LogP contribution in [-0.2, 0) is 6.54 Å². The van der Waals surface area contributed by atoms with Gasteiger partial charge in [-0.25, -0.2) is 14.5 Å². The predicted molar refractivity (Wildman–Crippen MR) is 72.3 cm³/mol. The average molecular weight is 255 g/mol. The molecule has 0 bridgehead atoms. The van der Waals surface area contributed by atoms with Gasteiger partial charge in [0, 0.05) is 19.4 Å². The molecule has 0 atom stereocenters. The van der Waals surface area contributed by atoms with E-state index >= 15 is 0 Å². The zero-order chi connectivity index (χ0) is 13.2. The smallest absolute Gasteiger partial charge is 0.350 e. The third-order valence-electron chi connectivity index (χ3n) is 2.90. The number of hydrogen-bond donors (Lipinski definition) is 1. The summed E-state index contributed by atoms with van der Waals surface area (Å²) in [5.41, 5.74) is 1.44. The Labute approximate surface area is 109 Å². The molecule has 0 amide bonds. The second-order valence-corrected chi connectivity index (χ2v) is 4.17. The summed E-state index contributed by atoms with van der Waals surface area (Å²) in [6.07, 6.45) is 3.45. The molecular formula is C13H13N5O. The Morgan fingerprint density at radius 1 is 1.26 bits per heavy atom. The number of anilines is 1. The van der Waals surface area contributed by atoms with E-state index in [-0.39, 0.29) is 5.69 Å². The highest BCUT2D eigenvalue weighted by Crippen LogP contribution is 2.05. The van der Waals surface area contributed by atoms with Gasteiger partial charge in [-0.3, -0.25) is 4.40 Å². The van der Waals surface area contributed by atoms with Crippen LogP contribution in [0.25, 0.3) is 5.65 Å². The molecule has 0 spiro atoms. The second-order valence-electron chi connectivity index (χ2n) is 4.17. The maximum Gasteiger partial charge on any atom is 0.350 e. The molecule has 3 heterocycles.